The van der Waals surface area contributed by atoms with Crippen molar-refractivity contribution in [1.82, 2.24) is 10.3 Å². The molecule has 0 bridgehead atoms. The summed E-state index contributed by atoms with van der Waals surface area (Å²) in [5, 5.41) is 25.3. The van der Waals surface area contributed by atoms with Gasteiger partial charge in [-0.1, -0.05) is 38.1 Å². The van der Waals surface area contributed by atoms with Gasteiger partial charge in [0.15, 0.2) is 17.7 Å². The van der Waals surface area contributed by atoms with Crippen LogP contribution in [0.1, 0.15) is 63.4 Å². The largest absolute Gasteiger partial charge is 0.451 e. The molecule has 0 radical (unpaired) electrons. The summed E-state index contributed by atoms with van der Waals surface area (Å²) in [7, 11) is 1.77. The molecule has 45 heavy (non-hydrogen) atoms. The zero-order valence-corrected chi connectivity index (χ0v) is 27.0. The van der Waals surface area contributed by atoms with Gasteiger partial charge in [0.2, 0.25) is 5.12 Å². The smallest absolute Gasteiger partial charge is 0.361 e. The number of carbonyl (C=O) groups excluding carboxylic acids is 2. The molecule has 240 valence electrons. The van der Waals surface area contributed by atoms with Crippen molar-refractivity contribution in [3.8, 4) is 0 Å². The van der Waals surface area contributed by atoms with Gasteiger partial charge in [-0.15, -0.1) is 0 Å². The third kappa shape index (κ3) is 5.03. The van der Waals surface area contributed by atoms with Crippen molar-refractivity contribution >= 4 is 34.7 Å². The minimum absolute atomic E-state index is 0.00986. The number of esters is 1. The summed E-state index contributed by atoms with van der Waals surface area (Å²) in [6.07, 6.45) is 8.47. The van der Waals surface area contributed by atoms with E-state index in [0.29, 0.717) is 25.1 Å². The van der Waals surface area contributed by atoms with E-state index >= 15 is 0 Å². The van der Waals surface area contributed by atoms with Crippen molar-refractivity contribution in [2.45, 2.75) is 64.6 Å². The standard InChI is InChI=1S/C34H41FN4O5S/c1-19-11-25-24-10-5-21-12-26(39-23-8-6-22(35)7-9-23)20(15-36)13-32(21,2)29(24)28(40)14-33(25,3)34(19,31(42)45-18-37-4)44-30(41)27-16-43-17-38-27/h6-9,12,15-17,19,24-25,28-29,36-37,39-40H,5,10-11,13-14,18H2,1-4H3/p+1. The number of carbonyl (C=O) groups is 2. The topological polar surface area (TPSA) is 142 Å². The Bertz CT molecular complexity index is 1540. The molecule has 4 aliphatic carbocycles. The predicted molar refractivity (Wildman–Crippen MR) is 168 cm³/mol. The van der Waals surface area contributed by atoms with Gasteiger partial charge < -0.3 is 25.0 Å². The summed E-state index contributed by atoms with van der Waals surface area (Å²) in [5.74, 6) is -0.877. The maximum atomic E-state index is 14.2. The maximum Gasteiger partial charge on any atom is 0.361 e. The van der Waals surface area contributed by atoms with Gasteiger partial charge in [-0.3, -0.25) is 10.1 Å². The number of hydrogen-bond acceptors (Lipinski definition) is 9. The van der Waals surface area contributed by atoms with Gasteiger partial charge in [-0.05, 0) is 80.5 Å². The van der Waals surface area contributed by atoms with Crippen LogP contribution in [0.15, 0.2) is 64.3 Å². The average Bonchev–Trinajstić information content (AvgIpc) is 3.63. The number of aliphatic hydroxyl groups excluding tert-OH is 1. The van der Waals surface area contributed by atoms with E-state index in [1.807, 2.05) is 19.2 Å². The van der Waals surface area contributed by atoms with Gasteiger partial charge in [0, 0.05) is 41.1 Å². The number of aliphatic hydroxyl groups is 1. The van der Waals surface area contributed by atoms with E-state index in [-0.39, 0.29) is 45.7 Å². The van der Waals surface area contributed by atoms with E-state index in [1.165, 1.54) is 30.2 Å². The van der Waals surface area contributed by atoms with Crippen LogP contribution in [0.5, 0.6) is 0 Å². The van der Waals surface area contributed by atoms with Crippen LogP contribution in [0.4, 0.5) is 10.1 Å². The maximum absolute atomic E-state index is 14.2. The number of halogens is 1. The first-order chi connectivity index (χ1) is 21.5. The Morgan fingerprint density at radius 1 is 1.31 bits per heavy atom. The monoisotopic (exact) mass is 637 g/mol. The highest BCUT2D eigenvalue weighted by Gasteiger charge is 2.73. The summed E-state index contributed by atoms with van der Waals surface area (Å²) in [4.78, 5) is 31.6. The highest BCUT2D eigenvalue weighted by atomic mass is 32.2. The van der Waals surface area contributed by atoms with Crippen LogP contribution in [0.2, 0.25) is 0 Å². The van der Waals surface area contributed by atoms with Crippen LogP contribution in [0.25, 0.3) is 0 Å². The Labute approximate surface area is 267 Å². The minimum Gasteiger partial charge on any atom is -0.451 e. The first kappa shape index (κ1) is 31.8. The molecule has 8 unspecified atom stereocenters. The number of nitrogens with one attached hydrogen (secondary N) is 2. The molecule has 3 saturated carbocycles. The van der Waals surface area contributed by atoms with Crippen molar-refractivity contribution in [2.75, 3.05) is 12.9 Å². The molecule has 1 aromatic heterocycles. The number of oxazole rings is 1. The Morgan fingerprint density at radius 2 is 2.07 bits per heavy atom. The van der Waals surface area contributed by atoms with Crippen molar-refractivity contribution in [1.29, 1.82) is 5.41 Å². The van der Waals surface area contributed by atoms with Crippen LogP contribution < -0.4 is 10.6 Å². The van der Waals surface area contributed by atoms with E-state index in [4.69, 9.17) is 14.6 Å². The molecule has 4 aliphatic rings. The Morgan fingerprint density at radius 3 is 2.73 bits per heavy atom. The number of quaternary nitrogens is 1. The van der Waals surface area contributed by atoms with Gasteiger partial charge >= 0.3 is 5.97 Å². The second-order valence-corrected chi connectivity index (χ2v) is 14.6. The molecular formula is C34H42FN4O5S+. The number of rotatable bonds is 8. The van der Waals surface area contributed by atoms with E-state index in [2.05, 4.69) is 23.3 Å². The normalized spacial score (nSPS) is 35.6. The molecule has 0 saturated heterocycles. The molecule has 0 amide bonds. The van der Waals surface area contributed by atoms with Gasteiger partial charge in [0.05, 0.1) is 6.10 Å². The van der Waals surface area contributed by atoms with Crippen molar-refractivity contribution in [2.24, 2.45) is 34.5 Å². The SMILES string of the molecule is CNCSC(=O)C1(OC(=O)c2cocn2)C(C)CC2C3CCC4=CC([NH2+]c5ccc(F)cc5)=C(C=N)CC4(C)C3C(O)CC21C. The predicted octanol–water partition coefficient (Wildman–Crippen LogP) is 4.73. The molecule has 3 fully saturated rings. The molecule has 6 rings (SSSR count). The third-order valence-corrected chi connectivity index (χ3v) is 12.4. The van der Waals surface area contributed by atoms with Crippen LogP contribution >= 0.6 is 11.8 Å². The highest BCUT2D eigenvalue weighted by Crippen LogP contribution is 2.70. The molecule has 0 aliphatic heterocycles. The Hall–Kier alpha value is -3.12. The lowest BCUT2D eigenvalue weighted by Crippen LogP contribution is -2.76. The summed E-state index contributed by atoms with van der Waals surface area (Å²) in [6.45, 7) is 6.23. The fraction of sp³-hybridized carbons (Fsp3) is 0.529. The van der Waals surface area contributed by atoms with Crippen molar-refractivity contribution < 1.29 is 33.6 Å². The molecule has 11 heteroatoms. The van der Waals surface area contributed by atoms with Crippen LogP contribution in [-0.2, 0) is 9.53 Å². The van der Waals surface area contributed by atoms with Gasteiger partial charge in [0.1, 0.15) is 23.5 Å². The highest BCUT2D eigenvalue weighted by molar-refractivity contribution is 8.13. The number of hydrogen-bond donors (Lipinski definition) is 4. The molecule has 1 heterocycles. The molecule has 1 aromatic carbocycles. The summed E-state index contributed by atoms with van der Waals surface area (Å²) >= 11 is 1.11. The molecule has 2 aromatic rings. The molecule has 5 N–H and O–H groups in total. The minimum atomic E-state index is -1.46. The lowest BCUT2D eigenvalue weighted by Gasteiger charge is -2.60. The first-order valence-electron chi connectivity index (χ1n) is 15.6. The number of aromatic nitrogens is 1. The lowest BCUT2D eigenvalue weighted by molar-refractivity contribution is -0.513. The van der Waals surface area contributed by atoms with Gasteiger partial charge in [0.25, 0.3) is 0 Å². The van der Waals surface area contributed by atoms with Crippen LogP contribution in [-0.4, -0.2) is 52.0 Å². The lowest BCUT2D eigenvalue weighted by atomic mass is 9.45. The zero-order valence-electron chi connectivity index (χ0n) is 26.1. The van der Waals surface area contributed by atoms with E-state index in [0.717, 1.165) is 48.0 Å². The molecule has 8 atom stereocenters. The molecule has 9 nitrogen and oxygen atoms in total. The van der Waals surface area contributed by atoms with Crippen LogP contribution in [0, 0.1) is 45.7 Å². The molecule has 0 spiro atoms. The summed E-state index contributed by atoms with van der Waals surface area (Å²) < 4.78 is 24.9. The van der Waals surface area contributed by atoms with Crippen molar-refractivity contribution in [3.63, 3.8) is 0 Å². The number of thioether (sulfide) groups is 1. The fourth-order valence-electron chi connectivity index (χ4n) is 9.50. The number of benzene rings is 1. The van der Waals surface area contributed by atoms with Crippen LogP contribution in [0.3, 0.4) is 0 Å². The van der Waals surface area contributed by atoms with E-state index in [9.17, 15) is 19.1 Å². The van der Waals surface area contributed by atoms with Gasteiger partial charge in [-0.2, -0.15) is 0 Å². The average molecular weight is 638 g/mol. The van der Waals surface area contributed by atoms with E-state index < -0.39 is 23.1 Å². The second-order valence-electron chi connectivity index (χ2n) is 13.7. The number of ether oxygens (including phenoxy) is 1. The van der Waals surface area contributed by atoms with Crippen molar-refractivity contribution in [3.05, 3.63) is 71.4 Å². The first-order valence-corrected chi connectivity index (χ1v) is 16.6. The molecular weight excluding hydrogens is 595 g/mol. The second kappa shape index (κ2) is 11.9. The summed E-state index contributed by atoms with van der Waals surface area (Å²) in [5.41, 5.74) is 1.30. The quantitative estimate of drug-likeness (QED) is 0.141. The van der Waals surface area contributed by atoms with E-state index in [1.54, 1.807) is 19.2 Å². The Balaban J connectivity index is 1.35. The number of allylic oxidation sites excluding steroid dienone is 3. The third-order valence-electron chi connectivity index (χ3n) is 11.4. The number of fused-ring (bicyclic) bond motifs is 5. The Kier molecular flexibility index (Phi) is 8.43. The fourth-order valence-corrected chi connectivity index (χ4v) is 10.5. The summed E-state index contributed by atoms with van der Waals surface area (Å²) in [6, 6.07) is 6.34. The van der Waals surface area contributed by atoms with Gasteiger partial charge in [-0.25, -0.2) is 14.2 Å². The number of nitrogens with two attached hydrogens (primary N) is 1. The number of nitrogens with zero attached hydrogens (tertiary/aromatic N) is 1. The zero-order chi connectivity index (χ0) is 32.1.